The summed E-state index contributed by atoms with van der Waals surface area (Å²) in [6, 6.07) is 40.1. The molecule has 0 unspecified atom stereocenters. The van der Waals surface area contributed by atoms with Crippen molar-refractivity contribution in [1.82, 2.24) is 0 Å². The maximum atomic E-state index is 11.5. The first-order valence-corrected chi connectivity index (χ1v) is 14.5. The summed E-state index contributed by atoms with van der Waals surface area (Å²) in [5.41, 5.74) is 4.03. The van der Waals surface area contributed by atoms with Gasteiger partial charge in [0.2, 0.25) is 0 Å². The molecule has 0 amide bonds. The highest BCUT2D eigenvalue weighted by Crippen LogP contribution is 2.43. The standard InChI is InChI=1S/C37H36O5/c1-26-37(41-25-29-16-9-4-10-17-29)35(40-24-28-14-7-3-8-15-28)22-34(42-26)32-21-20-30-31(36(32)38)18-11-19-33(30)39-23-27-12-5-2-6-13-27/h2-21,26,34-35,37-38H,22-25H2,1H3/t26-,34-,35-,37-/m1/s1. The summed E-state index contributed by atoms with van der Waals surface area (Å²) in [6.07, 6.45) is -0.525. The Hall–Kier alpha value is -4.16. The van der Waals surface area contributed by atoms with E-state index in [4.69, 9.17) is 18.9 Å². The van der Waals surface area contributed by atoms with E-state index in [0.29, 0.717) is 26.2 Å². The largest absolute Gasteiger partial charge is 0.507 e. The minimum atomic E-state index is -0.351. The molecule has 42 heavy (non-hydrogen) atoms. The third kappa shape index (κ3) is 6.50. The topological polar surface area (TPSA) is 57.2 Å². The van der Waals surface area contributed by atoms with Crippen molar-refractivity contribution in [1.29, 1.82) is 0 Å². The molecule has 1 saturated heterocycles. The van der Waals surface area contributed by atoms with Gasteiger partial charge in [-0.3, -0.25) is 0 Å². The lowest BCUT2D eigenvalue weighted by Crippen LogP contribution is -2.47. The lowest BCUT2D eigenvalue weighted by molar-refractivity contribution is -0.204. The average molecular weight is 561 g/mol. The predicted molar refractivity (Wildman–Crippen MR) is 164 cm³/mol. The number of benzene rings is 5. The van der Waals surface area contributed by atoms with Crippen LogP contribution in [0.3, 0.4) is 0 Å². The fourth-order valence-corrected chi connectivity index (χ4v) is 5.64. The van der Waals surface area contributed by atoms with Crippen LogP contribution in [0, 0.1) is 0 Å². The van der Waals surface area contributed by atoms with Crippen LogP contribution in [0.5, 0.6) is 11.5 Å². The molecule has 5 heteroatoms. The van der Waals surface area contributed by atoms with E-state index in [1.807, 2.05) is 104 Å². The van der Waals surface area contributed by atoms with Crippen molar-refractivity contribution in [3.63, 3.8) is 0 Å². The molecule has 1 fully saturated rings. The third-order valence-electron chi connectivity index (χ3n) is 7.85. The van der Waals surface area contributed by atoms with Gasteiger partial charge in [-0.1, -0.05) is 115 Å². The molecule has 1 aliphatic heterocycles. The van der Waals surface area contributed by atoms with Gasteiger partial charge >= 0.3 is 0 Å². The van der Waals surface area contributed by atoms with E-state index in [-0.39, 0.29) is 30.2 Å². The zero-order valence-corrected chi connectivity index (χ0v) is 23.8. The quantitative estimate of drug-likeness (QED) is 0.187. The van der Waals surface area contributed by atoms with Crippen molar-refractivity contribution in [2.75, 3.05) is 0 Å². The Kier molecular flexibility index (Phi) is 8.80. The van der Waals surface area contributed by atoms with Crippen molar-refractivity contribution in [3.05, 3.63) is 144 Å². The summed E-state index contributed by atoms with van der Waals surface area (Å²) < 4.78 is 25.6. The average Bonchev–Trinajstić information content (AvgIpc) is 3.04. The van der Waals surface area contributed by atoms with Crippen LogP contribution in [-0.4, -0.2) is 23.4 Å². The van der Waals surface area contributed by atoms with Gasteiger partial charge in [-0.25, -0.2) is 0 Å². The number of fused-ring (bicyclic) bond motifs is 1. The number of hydrogen-bond donors (Lipinski definition) is 1. The van der Waals surface area contributed by atoms with Crippen LogP contribution in [0.4, 0.5) is 0 Å². The van der Waals surface area contributed by atoms with Gasteiger partial charge in [0.1, 0.15) is 24.2 Å². The highest BCUT2D eigenvalue weighted by atomic mass is 16.6. The Balaban J connectivity index is 1.23. The first kappa shape index (κ1) is 28.0. The summed E-state index contributed by atoms with van der Waals surface area (Å²) in [7, 11) is 0. The Morgan fingerprint density at radius 2 is 1.24 bits per heavy atom. The van der Waals surface area contributed by atoms with Gasteiger partial charge in [-0.2, -0.15) is 0 Å². The number of aromatic hydroxyl groups is 1. The predicted octanol–water partition coefficient (Wildman–Crippen LogP) is 8.15. The van der Waals surface area contributed by atoms with Gasteiger partial charge in [0.05, 0.1) is 31.5 Å². The van der Waals surface area contributed by atoms with Gasteiger partial charge in [0.15, 0.2) is 0 Å². The molecular formula is C37H36O5. The van der Waals surface area contributed by atoms with Crippen LogP contribution >= 0.6 is 0 Å². The van der Waals surface area contributed by atoms with Crippen molar-refractivity contribution >= 4 is 10.8 Å². The van der Waals surface area contributed by atoms with Gasteiger partial charge in [-0.15, -0.1) is 0 Å². The molecule has 5 aromatic carbocycles. The van der Waals surface area contributed by atoms with E-state index in [1.165, 1.54) is 0 Å². The number of hydrogen-bond acceptors (Lipinski definition) is 5. The SMILES string of the molecule is C[C@H]1O[C@@H](c2ccc3c(OCc4ccccc4)cccc3c2O)C[C@@H](OCc2ccccc2)[C@@H]1OCc1ccccc1. The van der Waals surface area contributed by atoms with Crippen LogP contribution in [0.15, 0.2) is 121 Å². The Morgan fingerprint density at radius 3 is 1.88 bits per heavy atom. The van der Waals surface area contributed by atoms with Crippen LogP contribution < -0.4 is 4.74 Å². The van der Waals surface area contributed by atoms with Crippen LogP contribution in [0.1, 0.15) is 41.7 Å². The number of phenols is 1. The highest BCUT2D eigenvalue weighted by molar-refractivity contribution is 5.94. The minimum Gasteiger partial charge on any atom is -0.507 e. The molecule has 0 radical (unpaired) electrons. The maximum Gasteiger partial charge on any atom is 0.129 e. The van der Waals surface area contributed by atoms with Crippen molar-refractivity contribution in [2.24, 2.45) is 0 Å². The smallest absolute Gasteiger partial charge is 0.129 e. The van der Waals surface area contributed by atoms with E-state index >= 15 is 0 Å². The molecule has 4 atom stereocenters. The van der Waals surface area contributed by atoms with Gasteiger partial charge in [-0.05, 0) is 29.7 Å². The Labute approximate surface area is 247 Å². The second-order valence-corrected chi connectivity index (χ2v) is 10.8. The highest BCUT2D eigenvalue weighted by Gasteiger charge is 2.39. The summed E-state index contributed by atoms with van der Waals surface area (Å²) in [4.78, 5) is 0. The molecule has 0 aliphatic carbocycles. The molecule has 214 valence electrons. The van der Waals surface area contributed by atoms with E-state index in [9.17, 15) is 5.11 Å². The monoisotopic (exact) mass is 560 g/mol. The number of rotatable bonds is 10. The van der Waals surface area contributed by atoms with Crippen molar-refractivity contribution < 1.29 is 24.1 Å². The lowest BCUT2D eigenvalue weighted by Gasteiger charge is -2.40. The molecule has 5 nitrogen and oxygen atoms in total. The molecule has 1 heterocycles. The second-order valence-electron chi connectivity index (χ2n) is 10.8. The molecule has 0 bridgehead atoms. The van der Waals surface area contributed by atoms with Gasteiger partial charge in [0, 0.05) is 22.8 Å². The van der Waals surface area contributed by atoms with E-state index in [0.717, 1.165) is 38.8 Å². The second kappa shape index (κ2) is 13.2. The minimum absolute atomic E-state index is 0.209. The van der Waals surface area contributed by atoms with Gasteiger partial charge < -0.3 is 24.1 Å². The number of ether oxygens (including phenoxy) is 4. The zero-order chi connectivity index (χ0) is 28.7. The Morgan fingerprint density at radius 1 is 0.643 bits per heavy atom. The molecule has 0 aromatic heterocycles. The first-order chi connectivity index (χ1) is 20.7. The molecular weight excluding hydrogens is 524 g/mol. The fourth-order valence-electron chi connectivity index (χ4n) is 5.64. The zero-order valence-electron chi connectivity index (χ0n) is 23.8. The van der Waals surface area contributed by atoms with Crippen LogP contribution in [0.2, 0.25) is 0 Å². The van der Waals surface area contributed by atoms with E-state index < -0.39 is 0 Å². The normalized spacial score (nSPS) is 20.4. The summed E-state index contributed by atoms with van der Waals surface area (Å²) >= 11 is 0. The Bertz CT molecular complexity index is 1570. The summed E-state index contributed by atoms with van der Waals surface area (Å²) in [6.45, 7) is 3.43. The molecule has 6 rings (SSSR count). The van der Waals surface area contributed by atoms with Crippen LogP contribution in [-0.2, 0) is 34.0 Å². The number of phenolic OH excluding ortho intramolecular Hbond substituents is 1. The van der Waals surface area contributed by atoms with Crippen molar-refractivity contribution in [3.8, 4) is 11.5 Å². The molecule has 1 N–H and O–H groups in total. The fraction of sp³-hybridized carbons (Fsp3) is 0.243. The van der Waals surface area contributed by atoms with Crippen molar-refractivity contribution in [2.45, 2.75) is 57.6 Å². The van der Waals surface area contributed by atoms with E-state index in [1.54, 1.807) is 0 Å². The van der Waals surface area contributed by atoms with E-state index in [2.05, 4.69) is 24.3 Å². The molecule has 0 saturated carbocycles. The third-order valence-corrected chi connectivity index (χ3v) is 7.85. The summed E-state index contributed by atoms with van der Waals surface area (Å²) in [5, 5.41) is 13.1. The maximum absolute atomic E-state index is 11.5. The molecule has 0 spiro atoms. The van der Waals surface area contributed by atoms with Gasteiger partial charge in [0.25, 0.3) is 0 Å². The lowest BCUT2D eigenvalue weighted by atomic mass is 9.92. The van der Waals surface area contributed by atoms with Crippen LogP contribution in [0.25, 0.3) is 10.8 Å². The molecule has 1 aliphatic rings. The first-order valence-electron chi connectivity index (χ1n) is 14.5. The summed E-state index contributed by atoms with van der Waals surface area (Å²) in [5.74, 6) is 0.940. The molecule has 5 aromatic rings.